The summed E-state index contributed by atoms with van der Waals surface area (Å²) in [5.74, 6) is 0.682. The molecule has 6 heteroatoms. The molecule has 3 N–H and O–H groups in total. The van der Waals surface area contributed by atoms with Gasteiger partial charge in [0.25, 0.3) is 0 Å². The second kappa shape index (κ2) is 7.15. The van der Waals surface area contributed by atoms with Gasteiger partial charge in [-0.25, -0.2) is 4.98 Å². The molecule has 1 aliphatic rings. The highest BCUT2D eigenvalue weighted by Gasteiger charge is 2.22. The first-order valence-corrected chi connectivity index (χ1v) is 7.99. The van der Waals surface area contributed by atoms with E-state index in [1.807, 2.05) is 0 Å². The lowest BCUT2D eigenvalue weighted by Gasteiger charge is -2.18. The summed E-state index contributed by atoms with van der Waals surface area (Å²) in [6, 6.07) is 0. The molecule has 2 unspecified atom stereocenters. The number of amides is 1. The van der Waals surface area contributed by atoms with Crippen molar-refractivity contribution in [1.29, 1.82) is 0 Å². The molecule has 0 spiro atoms. The molecule has 0 radical (unpaired) electrons. The Morgan fingerprint density at radius 1 is 1.65 bits per heavy atom. The van der Waals surface area contributed by atoms with Crippen LogP contribution in [0.15, 0.2) is 0 Å². The van der Waals surface area contributed by atoms with E-state index in [1.54, 1.807) is 18.4 Å². The molecule has 2 atom stereocenters. The molecule has 1 aliphatic carbocycles. The van der Waals surface area contributed by atoms with Crippen molar-refractivity contribution in [2.75, 3.05) is 19.0 Å². The number of hydrogen-bond donors (Lipinski definition) is 2. The van der Waals surface area contributed by atoms with Crippen LogP contribution in [-0.2, 0) is 22.4 Å². The number of nitrogens with two attached hydrogens (primary N) is 1. The fraction of sp³-hybridized carbons (Fsp3) is 0.714. The Kier molecular flexibility index (Phi) is 5.51. The van der Waals surface area contributed by atoms with Crippen molar-refractivity contribution >= 4 is 22.4 Å². The Balaban J connectivity index is 1.94. The Morgan fingerprint density at radius 2 is 2.45 bits per heavy atom. The molecule has 0 aliphatic heterocycles. The molecule has 0 saturated carbocycles. The lowest BCUT2D eigenvalue weighted by Crippen LogP contribution is -2.28. The molecule has 2 rings (SSSR count). The van der Waals surface area contributed by atoms with E-state index < -0.39 is 0 Å². The molecule has 0 aromatic carbocycles. The van der Waals surface area contributed by atoms with Gasteiger partial charge < -0.3 is 15.8 Å². The third-order valence-corrected chi connectivity index (χ3v) is 4.91. The summed E-state index contributed by atoms with van der Waals surface area (Å²) in [7, 11) is 1.57. The maximum absolute atomic E-state index is 11.9. The molecule has 1 aromatic rings. The van der Waals surface area contributed by atoms with Crippen LogP contribution in [-0.4, -0.2) is 30.6 Å². The summed E-state index contributed by atoms with van der Waals surface area (Å²) in [5, 5.41) is 3.58. The van der Waals surface area contributed by atoms with Crippen LogP contribution in [0.5, 0.6) is 0 Å². The number of nitrogens with zero attached hydrogens (tertiary/aromatic N) is 1. The second-order valence-electron chi connectivity index (χ2n) is 5.25. The zero-order valence-corrected chi connectivity index (χ0v) is 13.0. The van der Waals surface area contributed by atoms with Crippen LogP contribution in [0, 0.1) is 5.92 Å². The van der Waals surface area contributed by atoms with E-state index in [0.717, 1.165) is 24.5 Å². The van der Waals surface area contributed by atoms with Crippen LogP contribution in [0.25, 0.3) is 0 Å². The van der Waals surface area contributed by atoms with Crippen LogP contribution in [0.1, 0.15) is 36.8 Å². The molecule has 0 fully saturated rings. The maximum Gasteiger partial charge on any atom is 0.228 e. The summed E-state index contributed by atoms with van der Waals surface area (Å²) in [6.45, 7) is 2.58. The van der Waals surface area contributed by atoms with Crippen molar-refractivity contribution in [2.24, 2.45) is 11.7 Å². The first-order valence-electron chi connectivity index (χ1n) is 7.17. The smallest absolute Gasteiger partial charge is 0.228 e. The molecule has 20 heavy (non-hydrogen) atoms. The van der Waals surface area contributed by atoms with Gasteiger partial charge in [-0.2, -0.15) is 0 Å². The van der Waals surface area contributed by atoms with Crippen molar-refractivity contribution in [1.82, 2.24) is 4.98 Å². The standard InChI is InChI=1S/C14H23N3O2S/c1-3-9-4-5-11-12(6-9)20-14(16-11)17-13(18)7-10(8-15)19-2/h9-10H,3-8,15H2,1-2H3,(H,16,17,18). The van der Waals surface area contributed by atoms with E-state index in [1.165, 1.54) is 17.7 Å². The topological polar surface area (TPSA) is 77.2 Å². The molecule has 0 saturated heterocycles. The van der Waals surface area contributed by atoms with Crippen LogP contribution < -0.4 is 11.1 Å². The monoisotopic (exact) mass is 297 g/mol. The van der Waals surface area contributed by atoms with Gasteiger partial charge in [0.05, 0.1) is 18.2 Å². The first kappa shape index (κ1) is 15.4. The number of carbonyl (C=O) groups is 1. The van der Waals surface area contributed by atoms with Gasteiger partial charge in [-0.05, 0) is 25.2 Å². The van der Waals surface area contributed by atoms with E-state index in [4.69, 9.17) is 10.5 Å². The zero-order valence-electron chi connectivity index (χ0n) is 12.1. The van der Waals surface area contributed by atoms with Crippen LogP contribution in [0.2, 0.25) is 0 Å². The van der Waals surface area contributed by atoms with Gasteiger partial charge in [0, 0.05) is 18.5 Å². The average molecular weight is 297 g/mol. The summed E-state index contributed by atoms with van der Waals surface area (Å²) in [6.07, 6.45) is 4.60. The minimum absolute atomic E-state index is 0.0829. The lowest BCUT2D eigenvalue weighted by atomic mass is 9.89. The molecule has 1 amide bonds. The van der Waals surface area contributed by atoms with E-state index in [2.05, 4.69) is 17.2 Å². The van der Waals surface area contributed by atoms with Gasteiger partial charge in [-0.1, -0.05) is 13.3 Å². The minimum atomic E-state index is -0.228. The van der Waals surface area contributed by atoms with Crippen molar-refractivity contribution in [3.05, 3.63) is 10.6 Å². The highest BCUT2D eigenvalue weighted by atomic mass is 32.1. The molecule has 1 heterocycles. The predicted molar refractivity (Wildman–Crippen MR) is 81.0 cm³/mol. The number of methoxy groups -OCH3 is 1. The number of anilines is 1. The number of hydrogen-bond acceptors (Lipinski definition) is 5. The summed E-state index contributed by atoms with van der Waals surface area (Å²) in [4.78, 5) is 17.8. The van der Waals surface area contributed by atoms with Crippen LogP contribution in [0.3, 0.4) is 0 Å². The van der Waals surface area contributed by atoms with Gasteiger partial charge in [0.15, 0.2) is 5.13 Å². The number of aromatic nitrogens is 1. The average Bonchev–Trinajstić information content (AvgIpc) is 2.85. The number of ether oxygens (including phenoxy) is 1. The number of carbonyl (C=O) groups excluding carboxylic acids is 1. The van der Waals surface area contributed by atoms with Gasteiger partial charge in [0.1, 0.15) is 0 Å². The van der Waals surface area contributed by atoms with Gasteiger partial charge >= 0.3 is 0 Å². The molecular formula is C14H23N3O2S. The van der Waals surface area contributed by atoms with Crippen molar-refractivity contribution in [3.63, 3.8) is 0 Å². The summed E-state index contributed by atoms with van der Waals surface area (Å²) in [5.41, 5.74) is 6.68. The van der Waals surface area contributed by atoms with E-state index >= 15 is 0 Å². The zero-order chi connectivity index (χ0) is 14.5. The third-order valence-electron chi connectivity index (χ3n) is 3.87. The highest BCUT2D eigenvalue weighted by Crippen LogP contribution is 2.33. The van der Waals surface area contributed by atoms with Gasteiger partial charge in [0.2, 0.25) is 5.91 Å². The van der Waals surface area contributed by atoms with E-state index in [-0.39, 0.29) is 18.4 Å². The Hall–Kier alpha value is -0.980. The third kappa shape index (κ3) is 3.77. The van der Waals surface area contributed by atoms with Gasteiger partial charge in [-0.15, -0.1) is 11.3 Å². The Bertz CT molecular complexity index is 457. The van der Waals surface area contributed by atoms with Crippen LogP contribution in [0.4, 0.5) is 5.13 Å². The first-order chi connectivity index (χ1) is 9.66. The highest BCUT2D eigenvalue weighted by molar-refractivity contribution is 7.15. The Labute approximate surface area is 123 Å². The number of thiazole rings is 1. The van der Waals surface area contributed by atoms with E-state index in [0.29, 0.717) is 11.7 Å². The fourth-order valence-electron chi connectivity index (χ4n) is 2.49. The number of nitrogens with one attached hydrogen (secondary N) is 1. The predicted octanol–water partition coefficient (Wildman–Crippen LogP) is 1.96. The molecule has 1 aromatic heterocycles. The van der Waals surface area contributed by atoms with Gasteiger partial charge in [-0.3, -0.25) is 4.79 Å². The lowest BCUT2D eigenvalue weighted by molar-refractivity contribution is -0.118. The fourth-order valence-corrected chi connectivity index (χ4v) is 3.62. The molecule has 5 nitrogen and oxygen atoms in total. The van der Waals surface area contributed by atoms with Crippen molar-refractivity contribution < 1.29 is 9.53 Å². The normalized spacial score (nSPS) is 19.4. The van der Waals surface area contributed by atoms with E-state index in [9.17, 15) is 4.79 Å². The second-order valence-corrected chi connectivity index (χ2v) is 6.34. The number of fused-ring (bicyclic) bond motifs is 1. The van der Waals surface area contributed by atoms with Crippen LogP contribution >= 0.6 is 11.3 Å². The SMILES string of the molecule is CCC1CCc2nc(NC(=O)CC(CN)OC)sc2C1. The van der Waals surface area contributed by atoms with Crippen molar-refractivity contribution in [3.8, 4) is 0 Å². The number of aryl methyl sites for hydroxylation is 1. The summed E-state index contributed by atoms with van der Waals surface area (Å²) < 4.78 is 5.11. The molecule has 112 valence electrons. The minimum Gasteiger partial charge on any atom is -0.380 e. The number of rotatable bonds is 6. The Morgan fingerprint density at radius 3 is 3.10 bits per heavy atom. The quantitative estimate of drug-likeness (QED) is 0.841. The molecule has 0 bridgehead atoms. The largest absolute Gasteiger partial charge is 0.380 e. The summed E-state index contributed by atoms with van der Waals surface area (Å²) >= 11 is 1.61. The molecular weight excluding hydrogens is 274 g/mol. The van der Waals surface area contributed by atoms with Crippen molar-refractivity contribution in [2.45, 2.75) is 45.1 Å². The maximum atomic E-state index is 11.9.